The number of hydrogen-bond acceptors (Lipinski definition) is 5. The smallest absolute Gasteiger partial charge is 0.231 e. The fourth-order valence-corrected chi connectivity index (χ4v) is 2.43. The number of nitrogens with zero attached hydrogens (tertiary/aromatic N) is 2. The zero-order chi connectivity index (χ0) is 14.8. The molecule has 1 atom stereocenters. The lowest BCUT2D eigenvalue weighted by Gasteiger charge is -2.18. The summed E-state index contributed by atoms with van der Waals surface area (Å²) < 4.78 is 10.9. The van der Waals surface area contributed by atoms with Crippen molar-refractivity contribution in [3.05, 3.63) is 24.4 Å². The van der Waals surface area contributed by atoms with E-state index in [2.05, 4.69) is 36.2 Å². The van der Waals surface area contributed by atoms with Crippen molar-refractivity contribution in [3.8, 4) is 11.5 Å². The van der Waals surface area contributed by atoms with Crippen LogP contribution in [0.4, 0.5) is 5.82 Å². The van der Waals surface area contributed by atoms with Crippen molar-refractivity contribution < 1.29 is 9.47 Å². The van der Waals surface area contributed by atoms with Crippen LogP contribution in [0.3, 0.4) is 0 Å². The van der Waals surface area contributed by atoms with Crippen LogP contribution < -0.4 is 14.8 Å². The van der Waals surface area contributed by atoms with E-state index >= 15 is 0 Å². The van der Waals surface area contributed by atoms with E-state index in [1.54, 1.807) is 0 Å². The summed E-state index contributed by atoms with van der Waals surface area (Å²) in [5.41, 5.74) is 0. The van der Waals surface area contributed by atoms with Crippen molar-refractivity contribution in [2.24, 2.45) is 0 Å². The molecule has 5 heteroatoms. The first-order valence-electron chi connectivity index (χ1n) is 7.23. The summed E-state index contributed by atoms with van der Waals surface area (Å²) in [5.74, 6) is 2.50. The number of hydrogen-bond donors (Lipinski definition) is 1. The summed E-state index contributed by atoms with van der Waals surface area (Å²) >= 11 is 0. The Morgan fingerprint density at radius 1 is 1.29 bits per heavy atom. The third-order valence-electron chi connectivity index (χ3n) is 3.65. The second-order valence-electron chi connectivity index (χ2n) is 5.72. The van der Waals surface area contributed by atoms with Gasteiger partial charge in [0.1, 0.15) is 5.82 Å². The molecule has 3 rings (SSSR count). The first-order valence-corrected chi connectivity index (χ1v) is 7.23. The first kappa shape index (κ1) is 13.9. The molecule has 21 heavy (non-hydrogen) atoms. The molecule has 1 N–H and O–H groups in total. The molecule has 112 valence electrons. The standard InChI is InChI=1S/C16H21N3O2/c1-11(5-7-19(2)3)18-16-13-9-15-14(20-10-21-15)8-12(13)4-6-17-16/h4,6,8-9,11H,5,7,10H2,1-3H3,(H,17,18). The Kier molecular flexibility index (Phi) is 3.84. The maximum Gasteiger partial charge on any atom is 0.231 e. The summed E-state index contributed by atoms with van der Waals surface area (Å²) in [7, 11) is 4.17. The molecule has 1 aliphatic heterocycles. The van der Waals surface area contributed by atoms with Gasteiger partial charge in [-0.05, 0) is 57.6 Å². The molecular weight excluding hydrogens is 266 g/mol. The highest BCUT2D eigenvalue weighted by molar-refractivity contribution is 5.94. The van der Waals surface area contributed by atoms with E-state index < -0.39 is 0 Å². The predicted octanol–water partition coefficient (Wildman–Crippen LogP) is 2.72. The molecular formula is C16H21N3O2. The van der Waals surface area contributed by atoms with E-state index in [4.69, 9.17) is 9.47 Å². The number of ether oxygens (including phenoxy) is 2. The monoisotopic (exact) mass is 287 g/mol. The summed E-state index contributed by atoms with van der Waals surface area (Å²) in [6.45, 7) is 3.52. The Morgan fingerprint density at radius 3 is 2.81 bits per heavy atom. The van der Waals surface area contributed by atoms with Crippen molar-refractivity contribution in [1.29, 1.82) is 0 Å². The quantitative estimate of drug-likeness (QED) is 0.916. The molecule has 0 radical (unpaired) electrons. The van der Waals surface area contributed by atoms with E-state index in [0.29, 0.717) is 12.8 Å². The Balaban J connectivity index is 1.85. The van der Waals surface area contributed by atoms with Crippen LogP contribution in [0.5, 0.6) is 11.5 Å². The van der Waals surface area contributed by atoms with E-state index in [-0.39, 0.29) is 0 Å². The third-order valence-corrected chi connectivity index (χ3v) is 3.65. The van der Waals surface area contributed by atoms with Gasteiger partial charge in [-0.2, -0.15) is 0 Å². The summed E-state index contributed by atoms with van der Waals surface area (Å²) in [6.07, 6.45) is 2.89. The van der Waals surface area contributed by atoms with Crippen LogP contribution in [0.15, 0.2) is 24.4 Å². The molecule has 1 aromatic carbocycles. The minimum atomic E-state index is 0.293. The van der Waals surface area contributed by atoms with Gasteiger partial charge < -0.3 is 19.7 Å². The van der Waals surface area contributed by atoms with Gasteiger partial charge in [0.25, 0.3) is 0 Å². The van der Waals surface area contributed by atoms with Crippen LogP contribution in [-0.4, -0.2) is 43.4 Å². The summed E-state index contributed by atoms with van der Waals surface area (Å²) in [4.78, 5) is 6.67. The molecule has 2 aromatic rings. The van der Waals surface area contributed by atoms with Crippen molar-refractivity contribution in [1.82, 2.24) is 9.88 Å². The normalized spacial score (nSPS) is 14.7. The number of pyridine rings is 1. The zero-order valence-corrected chi connectivity index (χ0v) is 12.7. The van der Waals surface area contributed by atoms with Gasteiger partial charge in [-0.15, -0.1) is 0 Å². The lowest BCUT2D eigenvalue weighted by molar-refractivity contribution is 0.174. The van der Waals surface area contributed by atoms with E-state index in [1.807, 2.05) is 24.4 Å². The van der Waals surface area contributed by atoms with Crippen molar-refractivity contribution >= 4 is 16.6 Å². The molecule has 2 heterocycles. The summed E-state index contributed by atoms with van der Waals surface area (Å²) in [6, 6.07) is 6.36. The number of fused-ring (bicyclic) bond motifs is 2. The van der Waals surface area contributed by atoms with Crippen LogP contribution >= 0.6 is 0 Å². The molecule has 0 spiro atoms. The number of nitrogens with one attached hydrogen (secondary N) is 1. The third kappa shape index (κ3) is 3.03. The fraction of sp³-hybridized carbons (Fsp3) is 0.438. The van der Waals surface area contributed by atoms with Gasteiger partial charge >= 0.3 is 0 Å². The van der Waals surface area contributed by atoms with Gasteiger partial charge in [-0.3, -0.25) is 0 Å². The molecule has 0 aliphatic carbocycles. The molecule has 0 fully saturated rings. The number of anilines is 1. The number of aromatic nitrogens is 1. The van der Waals surface area contributed by atoms with Crippen LogP contribution in [-0.2, 0) is 0 Å². The van der Waals surface area contributed by atoms with E-state index in [9.17, 15) is 0 Å². The van der Waals surface area contributed by atoms with Crippen molar-refractivity contribution in [2.75, 3.05) is 32.7 Å². The Morgan fingerprint density at radius 2 is 2.05 bits per heavy atom. The van der Waals surface area contributed by atoms with Crippen LogP contribution in [0, 0.1) is 0 Å². The molecule has 1 aromatic heterocycles. The maximum atomic E-state index is 5.46. The van der Waals surface area contributed by atoms with Gasteiger partial charge in [0.05, 0.1) is 0 Å². The number of rotatable bonds is 5. The minimum absolute atomic E-state index is 0.293. The van der Waals surface area contributed by atoms with Crippen LogP contribution in [0.1, 0.15) is 13.3 Å². The van der Waals surface area contributed by atoms with Gasteiger partial charge in [0.15, 0.2) is 11.5 Å². The lowest BCUT2D eigenvalue weighted by Crippen LogP contribution is -2.23. The minimum Gasteiger partial charge on any atom is -0.454 e. The second kappa shape index (κ2) is 5.77. The highest BCUT2D eigenvalue weighted by atomic mass is 16.7. The fourth-order valence-electron chi connectivity index (χ4n) is 2.43. The molecule has 5 nitrogen and oxygen atoms in total. The zero-order valence-electron chi connectivity index (χ0n) is 12.7. The maximum absolute atomic E-state index is 5.46. The second-order valence-corrected chi connectivity index (χ2v) is 5.72. The molecule has 1 aliphatic rings. The van der Waals surface area contributed by atoms with E-state index in [0.717, 1.165) is 41.1 Å². The van der Waals surface area contributed by atoms with Gasteiger partial charge in [-0.1, -0.05) is 0 Å². The summed E-state index contributed by atoms with van der Waals surface area (Å²) in [5, 5.41) is 5.67. The topological polar surface area (TPSA) is 46.6 Å². The average molecular weight is 287 g/mol. The van der Waals surface area contributed by atoms with Crippen molar-refractivity contribution in [2.45, 2.75) is 19.4 Å². The first-order chi connectivity index (χ1) is 10.1. The van der Waals surface area contributed by atoms with Gasteiger partial charge in [0.2, 0.25) is 6.79 Å². The molecule has 0 amide bonds. The molecule has 1 unspecified atom stereocenters. The SMILES string of the molecule is CC(CCN(C)C)Nc1nccc2cc3c(cc12)OCO3. The van der Waals surface area contributed by atoms with Gasteiger partial charge in [-0.25, -0.2) is 4.98 Å². The average Bonchev–Trinajstić information content (AvgIpc) is 2.90. The Hall–Kier alpha value is -2.01. The highest BCUT2D eigenvalue weighted by Gasteiger charge is 2.16. The largest absolute Gasteiger partial charge is 0.454 e. The Bertz CT molecular complexity index is 643. The predicted molar refractivity (Wildman–Crippen MR) is 84.1 cm³/mol. The van der Waals surface area contributed by atoms with Crippen LogP contribution in [0.25, 0.3) is 10.8 Å². The van der Waals surface area contributed by atoms with Crippen molar-refractivity contribution in [3.63, 3.8) is 0 Å². The Labute approximate surface area is 124 Å². The van der Waals surface area contributed by atoms with Gasteiger partial charge in [0, 0.05) is 17.6 Å². The molecule has 0 saturated carbocycles. The molecule has 0 bridgehead atoms. The highest BCUT2D eigenvalue weighted by Crippen LogP contribution is 2.37. The molecule has 0 saturated heterocycles. The lowest BCUT2D eigenvalue weighted by atomic mass is 10.1. The number of benzene rings is 1. The van der Waals surface area contributed by atoms with E-state index in [1.165, 1.54) is 0 Å². The van der Waals surface area contributed by atoms with Crippen LogP contribution in [0.2, 0.25) is 0 Å².